The first kappa shape index (κ1) is 17.6. The lowest BCUT2D eigenvalue weighted by molar-refractivity contribution is -0.139. The van der Waals surface area contributed by atoms with Crippen LogP contribution in [0.2, 0.25) is 0 Å². The number of aromatic nitrogens is 5. The second-order valence-electron chi connectivity index (χ2n) is 6.49. The van der Waals surface area contributed by atoms with E-state index in [2.05, 4.69) is 27.2 Å². The first-order valence-electron chi connectivity index (χ1n) is 8.88. The molecule has 1 aliphatic heterocycles. The molecule has 1 saturated heterocycles. The summed E-state index contributed by atoms with van der Waals surface area (Å²) in [6, 6.07) is 2.02. The Bertz CT molecular complexity index is 723. The molecular weight excluding hydrogens is 320 g/mol. The van der Waals surface area contributed by atoms with Crippen LogP contribution in [0.5, 0.6) is 0 Å². The van der Waals surface area contributed by atoms with Crippen LogP contribution in [0.25, 0.3) is 0 Å². The first-order chi connectivity index (χ1) is 12.1. The molecule has 3 heterocycles. The molecule has 136 valence electrons. The average Bonchev–Trinajstić information content (AvgIpc) is 3.19. The Morgan fingerprint density at radius 3 is 3.00 bits per heavy atom. The largest absolute Gasteiger partial charge is 0.366 e. The van der Waals surface area contributed by atoms with Crippen LogP contribution < -0.4 is 0 Å². The zero-order chi connectivity index (χ0) is 17.8. The number of hydrogen-bond acceptors (Lipinski definition) is 5. The lowest BCUT2D eigenvalue weighted by atomic mass is 10.2. The predicted molar refractivity (Wildman–Crippen MR) is 92.0 cm³/mol. The van der Waals surface area contributed by atoms with Crippen molar-refractivity contribution >= 4 is 5.91 Å². The quantitative estimate of drug-likeness (QED) is 0.857. The first-order valence-corrected chi connectivity index (χ1v) is 8.88. The molecule has 1 atom stereocenters. The number of nitrogens with one attached hydrogen (secondary N) is 1. The molecule has 0 bridgehead atoms. The van der Waals surface area contributed by atoms with E-state index in [4.69, 9.17) is 4.74 Å². The molecule has 8 nitrogen and oxygen atoms in total. The fourth-order valence-corrected chi connectivity index (χ4v) is 3.10. The van der Waals surface area contributed by atoms with Gasteiger partial charge in [-0.2, -0.15) is 10.2 Å². The molecule has 0 radical (unpaired) electrons. The molecule has 1 fully saturated rings. The van der Waals surface area contributed by atoms with E-state index in [1.807, 2.05) is 29.5 Å². The predicted octanol–water partition coefficient (Wildman–Crippen LogP) is 1.56. The van der Waals surface area contributed by atoms with Crippen molar-refractivity contribution in [2.45, 2.75) is 52.7 Å². The SMILES string of the molecule is CCCc1nc([C@H]2CN(C(=O)CCn3nc(C)cc3C)CCO2)n[nH]1. The lowest BCUT2D eigenvalue weighted by Crippen LogP contribution is -2.42. The highest BCUT2D eigenvalue weighted by Crippen LogP contribution is 2.20. The van der Waals surface area contributed by atoms with Crippen LogP contribution in [-0.2, 0) is 22.5 Å². The van der Waals surface area contributed by atoms with Crippen molar-refractivity contribution in [1.82, 2.24) is 29.9 Å². The third-order valence-corrected chi connectivity index (χ3v) is 4.38. The summed E-state index contributed by atoms with van der Waals surface area (Å²) in [5.74, 6) is 1.62. The molecule has 1 N–H and O–H groups in total. The summed E-state index contributed by atoms with van der Waals surface area (Å²) >= 11 is 0. The lowest BCUT2D eigenvalue weighted by Gasteiger charge is -2.31. The summed E-state index contributed by atoms with van der Waals surface area (Å²) < 4.78 is 7.65. The van der Waals surface area contributed by atoms with Gasteiger partial charge in [0.15, 0.2) is 5.82 Å². The van der Waals surface area contributed by atoms with E-state index in [1.54, 1.807) is 0 Å². The van der Waals surface area contributed by atoms with Gasteiger partial charge < -0.3 is 9.64 Å². The number of hydrogen-bond donors (Lipinski definition) is 1. The van der Waals surface area contributed by atoms with Crippen LogP contribution >= 0.6 is 0 Å². The van der Waals surface area contributed by atoms with Crippen LogP contribution in [0.3, 0.4) is 0 Å². The van der Waals surface area contributed by atoms with Gasteiger partial charge in [0.1, 0.15) is 11.9 Å². The highest BCUT2D eigenvalue weighted by Gasteiger charge is 2.28. The summed E-state index contributed by atoms with van der Waals surface area (Å²) in [5, 5.41) is 11.6. The topological polar surface area (TPSA) is 88.9 Å². The van der Waals surface area contributed by atoms with Crippen molar-refractivity contribution in [2.24, 2.45) is 0 Å². The number of carbonyl (C=O) groups is 1. The zero-order valence-electron chi connectivity index (χ0n) is 15.2. The molecule has 0 aliphatic carbocycles. The minimum atomic E-state index is -0.256. The molecule has 0 aromatic carbocycles. The third-order valence-electron chi connectivity index (χ3n) is 4.38. The summed E-state index contributed by atoms with van der Waals surface area (Å²) in [6.45, 7) is 8.28. The third kappa shape index (κ3) is 4.25. The Labute approximate surface area is 147 Å². The van der Waals surface area contributed by atoms with Gasteiger partial charge >= 0.3 is 0 Å². The van der Waals surface area contributed by atoms with E-state index in [0.29, 0.717) is 38.5 Å². The van der Waals surface area contributed by atoms with Gasteiger partial charge in [-0.3, -0.25) is 14.6 Å². The molecular formula is C17H26N6O2. The number of nitrogens with zero attached hydrogens (tertiary/aromatic N) is 5. The zero-order valence-corrected chi connectivity index (χ0v) is 15.2. The minimum Gasteiger partial charge on any atom is -0.366 e. The molecule has 8 heteroatoms. The van der Waals surface area contributed by atoms with Crippen LogP contribution in [-0.4, -0.2) is 55.5 Å². The summed E-state index contributed by atoms with van der Waals surface area (Å²) in [5.41, 5.74) is 2.05. The van der Waals surface area contributed by atoms with Gasteiger partial charge in [0, 0.05) is 31.6 Å². The van der Waals surface area contributed by atoms with E-state index in [9.17, 15) is 4.79 Å². The van der Waals surface area contributed by atoms with Crippen molar-refractivity contribution in [2.75, 3.05) is 19.7 Å². The Kier molecular flexibility index (Phi) is 5.47. The number of carbonyl (C=O) groups excluding carboxylic acids is 1. The summed E-state index contributed by atoms with van der Waals surface area (Å²) in [4.78, 5) is 18.9. The maximum atomic E-state index is 12.6. The van der Waals surface area contributed by atoms with E-state index in [-0.39, 0.29) is 12.0 Å². The van der Waals surface area contributed by atoms with E-state index in [0.717, 1.165) is 30.1 Å². The number of aromatic amines is 1. The number of amides is 1. The fourth-order valence-electron chi connectivity index (χ4n) is 3.10. The van der Waals surface area contributed by atoms with Gasteiger partial charge in [-0.05, 0) is 26.3 Å². The van der Waals surface area contributed by atoms with Crippen LogP contribution in [0, 0.1) is 13.8 Å². The minimum absolute atomic E-state index is 0.116. The van der Waals surface area contributed by atoms with Crippen molar-refractivity contribution in [3.05, 3.63) is 29.1 Å². The standard InChI is InChI=1S/C17H26N6O2/c1-4-5-15-18-17(20-19-15)14-11-22(8-9-25-14)16(24)6-7-23-13(3)10-12(2)21-23/h10,14H,4-9,11H2,1-3H3,(H,18,19,20)/t14-/m1/s1. The molecule has 2 aromatic heterocycles. The fraction of sp³-hybridized carbons (Fsp3) is 0.647. The Balaban J connectivity index is 1.56. The summed E-state index contributed by atoms with van der Waals surface area (Å²) in [7, 11) is 0. The van der Waals surface area contributed by atoms with Crippen molar-refractivity contribution in [1.29, 1.82) is 0 Å². The molecule has 2 aromatic rings. The Morgan fingerprint density at radius 1 is 1.44 bits per heavy atom. The second kappa shape index (κ2) is 7.77. The van der Waals surface area contributed by atoms with Crippen molar-refractivity contribution < 1.29 is 9.53 Å². The van der Waals surface area contributed by atoms with Gasteiger partial charge in [0.2, 0.25) is 5.91 Å². The van der Waals surface area contributed by atoms with Gasteiger partial charge in [0.25, 0.3) is 0 Å². The van der Waals surface area contributed by atoms with E-state index >= 15 is 0 Å². The number of morpholine rings is 1. The molecule has 1 amide bonds. The summed E-state index contributed by atoms with van der Waals surface area (Å²) in [6.07, 6.45) is 2.06. The van der Waals surface area contributed by atoms with Crippen LogP contribution in [0.4, 0.5) is 0 Å². The number of rotatable bonds is 6. The monoisotopic (exact) mass is 346 g/mol. The Morgan fingerprint density at radius 2 is 2.28 bits per heavy atom. The highest BCUT2D eigenvalue weighted by molar-refractivity contribution is 5.76. The van der Waals surface area contributed by atoms with Crippen molar-refractivity contribution in [3.63, 3.8) is 0 Å². The average molecular weight is 346 g/mol. The van der Waals surface area contributed by atoms with Crippen molar-refractivity contribution in [3.8, 4) is 0 Å². The van der Waals surface area contributed by atoms with Gasteiger partial charge in [-0.15, -0.1) is 0 Å². The number of ether oxygens (including phenoxy) is 1. The molecule has 0 saturated carbocycles. The second-order valence-corrected chi connectivity index (χ2v) is 6.49. The van der Waals surface area contributed by atoms with Crippen LogP contribution in [0.15, 0.2) is 6.07 Å². The molecule has 1 aliphatic rings. The molecule has 0 spiro atoms. The highest BCUT2D eigenvalue weighted by atomic mass is 16.5. The smallest absolute Gasteiger partial charge is 0.224 e. The van der Waals surface area contributed by atoms with E-state index < -0.39 is 0 Å². The molecule has 0 unspecified atom stereocenters. The van der Waals surface area contributed by atoms with E-state index in [1.165, 1.54) is 0 Å². The molecule has 25 heavy (non-hydrogen) atoms. The normalized spacial score (nSPS) is 17.9. The van der Waals surface area contributed by atoms with Gasteiger partial charge in [-0.25, -0.2) is 4.98 Å². The number of H-pyrrole nitrogens is 1. The van der Waals surface area contributed by atoms with Gasteiger partial charge in [-0.1, -0.05) is 6.92 Å². The maximum Gasteiger partial charge on any atom is 0.224 e. The molecule has 3 rings (SSSR count). The van der Waals surface area contributed by atoms with Crippen LogP contribution in [0.1, 0.15) is 48.9 Å². The number of aryl methyl sites for hydroxylation is 4. The van der Waals surface area contributed by atoms with Gasteiger partial charge in [0.05, 0.1) is 18.8 Å². The Hall–Kier alpha value is -2.22. The maximum absolute atomic E-state index is 12.6.